The van der Waals surface area contributed by atoms with Crippen LogP contribution in [0.2, 0.25) is 0 Å². The molecule has 0 amide bonds. The number of carbonyl (C=O) groups is 1. The third-order valence-electron chi connectivity index (χ3n) is 3.67. The minimum atomic E-state index is 0.000491. The lowest BCUT2D eigenvalue weighted by Gasteiger charge is -2.06. The van der Waals surface area contributed by atoms with E-state index in [9.17, 15) is 4.79 Å². The average Bonchev–Trinajstić information content (AvgIpc) is 2.41. The first kappa shape index (κ1) is 19.5. The Morgan fingerprint density at radius 2 is 1.45 bits per heavy atom. The van der Waals surface area contributed by atoms with E-state index in [1.165, 1.54) is 51.4 Å². The normalized spacial score (nSPS) is 11.0. The number of hydrogen-bond acceptors (Lipinski definition) is 2. The van der Waals surface area contributed by atoms with E-state index in [1.54, 1.807) is 0 Å². The quantitative estimate of drug-likeness (QED) is 0.294. The van der Waals surface area contributed by atoms with Crippen molar-refractivity contribution < 1.29 is 9.53 Å². The highest BCUT2D eigenvalue weighted by Gasteiger charge is 2.02. The lowest BCUT2D eigenvalue weighted by Crippen LogP contribution is -2.05. The Bertz CT molecular complexity index is 211. The fraction of sp³-hybridized carbons (Fsp3) is 0.944. The Balaban J connectivity index is 3.16. The minimum Gasteiger partial charge on any atom is -0.466 e. The zero-order valence-corrected chi connectivity index (χ0v) is 14.1. The van der Waals surface area contributed by atoms with E-state index in [0.29, 0.717) is 13.0 Å². The number of carbonyl (C=O) groups excluding carboxylic acids is 1. The zero-order valence-electron chi connectivity index (χ0n) is 14.1. The summed E-state index contributed by atoms with van der Waals surface area (Å²) in [5.41, 5.74) is 0. The van der Waals surface area contributed by atoms with E-state index in [-0.39, 0.29) is 5.97 Å². The summed E-state index contributed by atoms with van der Waals surface area (Å²) in [5, 5.41) is 0. The van der Waals surface area contributed by atoms with Gasteiger partial charge in [-0.3, -0.25) is 4.79 Å². The van der Waals surface area contributed by atoms with Gasteiger partial charge in [0.1, 0.15) is 0 Å². The molecule has 0 aromatic heterocycles. The molecule has 0 saturated heterocycles. The summed E-state index contributed by atoms with van der Waals surface area (Å²) in [4.78, 5) is 11.5. The molecule has 0 aliphatic rings. The van der Waals surface area contributed by atoms with E-state index in [4.69, 9.17) is 4.74 Å². The number of hydrogen-bond donors (Lipinski definition) is 0. The Kier molecular flexibility index (Phi) is 14.5. The molecule has 0 aromatic rings. The van der Waals surface area contributed by atoms with Gasteiger partial charge in [-0.25, -0.2) is 0 Å². The molecule has 0 aromatic carbocycles. The van der Waals surface area contributed by atoms with Crippen molar-refractivity contribution in [3.63, 3.8) is 0 Å². The highest BCUT2D eigenvalue weighted by Crippen LogP contribution is 2.10. The van der Waals surface area contributed by atoms with Gasteiger partial charge in [-0.1, -0.05) is 78.6 Å². The summed E-state index contributed by atoms with van der Waals surface area (Å²) in [6.07, 6.45) is 14.1. The van der Waals surface area contributed by atoms with Crippen molar-refractivity contribution in [1.29, 1.82) is 0 Å². The SMILES string of the molecule is CCCCCCCCCOC(=O)CCCCCC(C)C. The van der Waals surface area contributed by atoms with Crippen molar-refractivity contribution in [2.45, 2.75) is 97.8 Å². The summed E-state index contributed by atoms with van der Waals surface area (Å²) in [5.74, 6) is 0.778. The molecule has 120 valence electrons. The zero-order chi connectivity index (χ0) is 15.1. The highest BCUT2D eigenvalue weighted by atomic mass is 16.5. The molecule has 0 rings (SSSR count). The first-order chi connectivity index (χ1) is 9.66. The van der Waals surface area contributed by atoms with E-state index < -0.39 is 0 Å². The van der Waals surface area contributed by atoms with E-state index in [2.05, 4.69) is 20.8 Å². The molecule has 0 N–H and O–H groups in total. The fourth-order valence-electron chi connectivity index (χ4n) is 2.32. The van der Waals surface area contributed by atoms with Crippen LogP contribution < -0.4 is 0 Å². The number of ether oxygens (including phenoxy) is 1. The summed E-state index contributed by atoms with van der Waals surface area (Å²) in [6, 6.07) is 0. The molecule has 2 heteroatoms. The van der Waals surface area contributed by atoms with E-state index in [0.717, 1.165) is 25.2 Å². The van der Waals surface area contributed by atoms with E-state index in [1.807, 2.05) is 0 Å². The number of esters is 1. The van der Waals surface area contributed by atoms with Gasteiger partial charge in [0.25, 0.3) is 0 Å². The van der Waals surface area contributed by atoms with Crippen molar-refractivity contribution >= 4 is 5.97 Å². The maximum Gasteiger partial charge on any atom is 0.305 e. The van der Waals surface area contributed by atoms with Crippen molar-refractivity contribution in [2.24, 2.45) is 5.92 Å². The summed E-state index contributed by atoms with van der Waals surface area (Å²) < 4.78 is 5.26. The maximum atomic E-state index is 11.5. The standard InChI is InChI=1S/C18H36O2/c1-4-5-6-7-8-9-13-16-20-18(19)15-12-10-11-14-17(2)3/h17H,4-16H2,1-3H3. The molecular weight excluding hydrogens is 248 g/mol. The molecule has 0 atom stereocenters. The lowest BCUT2D eigenvalue weighted by molar-refractivity contribution is -0.143. The molecular formula is C18H36O2. The van der Waals surface area contributed by atoms with Crippen LogP contribution in [-0.4, -0.2) is 12.6 Å². The highest BCUT2D eigenvalue weighted by molar-refractivity contribution is 5.69. The predicted octanol–water partition coefficient (Wildman–Crippen LogP) is 5.89. The van der Waals surface area contributed by atoms with Crippen LogP contribution >= 0.6 is 0 Å². The third kappa shape index (κ3) is 15.5. The van der Waals surface area contributed by atoms with Crippen LogP contribution in [0.15, 0.2) is 0 Å². The second-order valence-electron chi connectivity index (χ2n) is 6.33. The van der Waals surface area contributed by atoms with Crippen LogP contribution in [0.4, 0.5) is 0 Å². The van der Waals surface area contributed by atoms with Gasteiger partial charge in [-0.05, 0) is 18.8 Å². The van der Waals surface area contributed by atoms with Gasteiger partial charge in [0, 0.05) is 6.42 Å². The second-order valence-corrected chi connectivity index (χ2v) is 6.33. The Morgan fingerprint density at radius 1 is 0.850 bits per heavy atom. The van der Waals surface area contributed by atoms with Crippen molar-refractivity contribution in [3.8, 4) is 0 Å². The first-order valence-electron chi connectivity index (χ1n) is 8.82. The van der Waals surface area contributed by atoms with Crippen LogP contribution in [0.1, 0.15) is 97.8 Å². The molecule has 0 aliphatic carbocycles. The van der Waals surface area contributed by atoms with Gasteiger partial charge >= 0.3 is 5.97 Å². The van der Waals surface area contributed by atoms with Gasteiger partial charge < -0.3 is 4.74 Å². The van der Waals surface area contributed by atoms with Crippen molar-refractivity contribution in [3.05, 3.63) is 0 Å². The Morgan fingerprint density at radius 3 is 2.10 bits per heavy atom. The van der Waals surface area contributed by atoms with Crippen LogP contribution in [0.3, 0.4) is 0 Å². The molecule has 0 heterocycles. The summed E-state index contributed by atoms with van der Waals surface area (Å²) in [6.45, 7) is 7.36. The lowest BCUT2D eigenvalue weighted by atomic mass is 10.0. The van der Waals surface area contributed by atoms with Gasteiger partial charge in [0.05, 0.1) is 6.61 Å². The topological polar surface area (TPSA) is 26.3 Å². The molecule has 2 nitrogen and oxygen atoms in total. The molecule has 20 heavy (non-hydrogen) atoms. The van der Waals surface area contributed by atoms with Gasteiger partial charge in [-0.2, -0.15) is 0 Å². The molecule has 0 unspecified atom stereocenters. The van der Waals surface area contributed by atoms with Gasteiger partial charge in [0.15, 0.2) is 0 Å². The Labute approximate surface area is 126 Å². The number of rotatable bonds is 14. The monoisotopic (exact) mass is 284 g/mol. The van der Waals surface area contributed by atoms with Crippen LogP contribution in [0.25, 0.3) is 0 Å². The average molecular weight is 284 g/mol. The summed E-state index contributed by atoms with van der Waals surface area (Å²) in [7, 11) is 0. The molecule has 0 bridgehead atoms. The van der Waals surface area contributed by atoms with Gasteiger partial charge in [-0.15, -0.1) is 0 Å². The summed E-state index contributed by atoms with van der Waals surface area (Å²) >= 11 is 0. The number of unbranched alkanes of at least 4 members (excludes halogenated alkanes) is 8. The van der Waals surface area contributed by atoms with Crippen molar-refractivity contribution in [1.82, 2.24) is 0 Å². The van der Waals surface area contributed by atoms with Gasteiger partial charge in [0.2, 0.25) is 0 Å². The van der Waals surface area contributed by atoms with Crippen LogP contribution in [-0.2, 0) is 9.53 Å². The maximum absolute atomic E-state index is 11.5. The molecule has 0 spiro atoms. The molecule has 0 fully saturated rings. The van der Waals surface area contributed by atoms with Crippen LogP contribution in [0.5, 0.6) is 0 Å². The fourth-order valence-corrected chi connectivity index (χ4v) is 2.32. The minimum absolute atomic E-state index is 0.000491. The largest absolute Gasteiger partial charge is 0.466 e. The molecule has 0 saturated carbocycles. The Hall–Kier alpha value is -0.530. The van der Waals surface area contributed by atoms with Crippen molar-refractivity contribution in [2.75, 3.05) is 6.61 Å². The third-order valence-corrected chi connectivity index (χ3v) is 3.67. The van der Waals surface area contributed by atoms with E-state index >= 15 is 0 Å². The molecule has 0 radical (unpaired) electrons. The first-order valence-corrected chi connectivity index (χ1v) is 8.82. The predicted molar refractivity (Wildman–Crippen MR) is 86.9 cm³/mol. The molecule has 0 aliphatic heterocycles. The smallest absolute Gasteiger partial charge is 0.305 e. The van der Waals surface area contributed by atoms with Crippen LogP contribution in [0, 0.1) is 5.92 Å². The second kappa shape index (κ2) is 14.9.